The third-order valence-corrected chi connectivity index (χ3v) is 17.1. The molecule has 0 spiro atoms. The molecule has 0 unspecified atom stereocenters. The summed E-state index contributed by atoms with van der Waals surface area (Å²) < 4.78 is 14.0. The number of amides is 6. The normalized spacial score (nSPS) is 16.2. The van der Waals surface area contributed by atoms with Gasteiger partial charge in [0.25, 0.3) is 0 Å². The molecule has 0 radical (unpaired) electrons. The lowest BCUT2D eigenvalue weighted by Crippen LogP contribution is -2.51. The van der Waals surface area contributed by atoms with Gasteiger partial charge in [0, 0.05) is 49.9 Å². The van der Waals surface area contributed by atoms with Crippen LogP contribution in [0, 0.1) is 0 Å². The molecule has 86 heavy (non-hydrogen) atoms. The van der Waals surface area contributed by atoms with Crippen LogP contribution in [0.5, 0.6) is 11.5 Å². The minimum Gasteiger partial charge on any atom is -0.490 e. The second-order valence-corrected chi connectivity index (χ2v) is 22.8. The number of benzene rings is 4. The van der Waals surface area contributed by atoms with E-state index in [9.17, 15) is 28.8 Å². The number of aromatic nitrogens is 5. The van der Waals surface area contributed by atoms with Gasteiger partial charge in [-0.15, -0.1) is 0 Å². The van der Waals surface area contributed by atoms with E-state index in [2.05, 4.69) is 41.9 Å². The first kappa shape index (κ1) is 60.0. The first-order chi connectivity index (χ1) is 41.8. The lowest BCUT2D eigenvalue weighted by molar-refractivity contribution is -0.140. The number of anilines is 2. The zero-order valence-corrected chi connectivity index (χ0v) is 49.8. The van der Waals surface area contributed by atoms with E-state index >= 15 is 0 Å². The molecule has 0 aliphatic carbocycles. The summed E-state index contributed by atoms with van der Waals surface area (Å²) in [5, 5.41) is 20.2. The number of thiazole rings is 2. The minimum atomic E-state index is -1.12. The number of hydrogen-bond acceptors (Lipinski definition) is 16. The van der Waals surface area contributed by atoms with Crippen LogP contribution >= 0.6 is 22.7 Å². The van der Waals surface area contributed by atoms with E-state index in [0.717, 1.165) is 11.1 Å². The molecule has 23 heteroatoms. The maximum absolute atomic E-state index is 14.7. The van der Waals surface area contributed by atoms with Crippen molar-refractivity contribution < 1.29 is 38.2 Å². The van der Waals surface area contributed by atoms with E-state index in [0.29, 0.717) is 104 Å². The number of likely N-dealkylation sites (tertiary alicyclic amines) is 2. The molecule has 6 N–H and O–H groups in total. The van der Waals surface area contributed by atoms with Gasteiger partial charge in [0.2, 0.25) is 35.4 Å². The standard InChI is InChI=1S/C63H67N13O8S2/c1-38(64-3)54(77)68-51(62(81)75-33-14-21-47(75)56(79)72-59-49(40-16-8-6-9-17-40)70-58(85-59)46-20-12-13-31-66-46)42-23-27-44(28-24-42)83-36-37-84-45-29-25-43(26-30-45)52(69-55(78)39(2)65-4)63(82)76-34-15-22-48(76)57(80)73-60-50(41-18-10-7-11-19-41)71-61(86-60)53-67-32-35-74(53)5/h6-13,16-20,23-32,35,38-39,47-48,51-52,64-65H,14-15,21-22,33-34,36-37H2,1-5H3,(H,68,77)(H,69,78)(H,72,79)(H,73,80)/t38-,39-,47-,48-,51-,52-/m0/s1. The van der Waals surface area contributed by atoms with Crippen LogP contribution in [-0.2, 0) is 35.8 Å². The molecule has 6 atom stereocenters. The summed E-state index contributed by atoms with van der Waals surface area (Å²) in [6.07, 6.45) is 7.22. The number of carbonyl (C=O) groups is 6. The molecule has 2 saturated heterocycles. The van der Waals surface area contributed by atoms with E-state index in [1.807, 2.05) is 96.7 Å². The monoisotopic (exact) mass is 1200 g/mol. The topological polar surface area (TPSA) is 256 Å². The molecule has 444 valence electrons. The number of likely N-dealkylation sites (N-methyl/N-ethyl adjacent to an activating group) is 2. The Morgan fingerprint density at radius 3 is 1.45 bits per heavy atom. The number of pyridine rings is 1. The summed E-state index contributed by atoms with van der Waals surface area (Å²) in [4.78, 5) is 107. The largest absolute Gasteiger partial charge is 0.490 e. The highest BCUT2D eigenvalue weighted by Gasteiger charge is 2.41. The van der Waals surface area contributed by atoms with Crippen molar-refractivity contribution in [3.8, 4) is 55.5 Å². The highest BCUT2D eigenvalue weighted by atomic mass is 32.1. The average Bonchev–Trinajstić information content (AvgIpc) is 3.16. The van der Waals surface area contributed by atoms with E-state index in [1.54, 1.807) is 88.9 Å². The highest BCUT2D eigenvalue weighted by Crippen LogP contribution is 2.40. The molecule has 2 aliphatic heterocycles. The SMILES string of the molecule is CN[C@@H](C)C(=O)N[C@H](C(=O)N1CCC[C@H]1C(=O)Nc1sc(-c2ccccn2)nc1-c1ccccc1)c1ccc(OCCOc2ccc([C@H](NC(=O)[C@H](C)NC)C(=O)N3CCC[C@H]3C(=O)Nc3sc(-c4nccn4C)nc3-c3ccccc3)cc2)cc1. The van der Waals surface area contributed by atoms with Crippen molar-refractivity contribution in [1.82, 2.24) is 55.6 Å². The fourth-order valence-electron chi connectivity index (χ4n) is 10.2. The predicted molar refractivity (Wildman–Crippen MR) is 330 cm³/mol. The zero-order chi connectivity index (χ0) is 60.3. The molecular formula is C63H67N13O8S2. The molecule has 4 aromatic heterocycles. The van der Waals surface area contributed by atoms with E-state index in [4.69, 9.17) is 19.4 Å². The molecule has 21 nitrogen and oxygen atoms in total. The molecule has 6 heterocycles. The molecular weight excluding hydrogens is 1130 g/mol. The van der Waals surface area contributed by atoms with Gasteiger partial charge in [-0.2, -0.15) is 0 Å². The number of nitrogens with zero attached hydrogens (tertiary/aromatic N) is 7. The summed E-state index contributed by atoms with van der Waals surface area (Å²) in [6, 6.07) is 33.2. The van der Waals surface area contributed by atoms with Crippen LogP contribution in [0.15, 0.2) is 146 Å². The van der Waals surface area contributed by atoms with Crippen LogP contribution < -0.4 is 41.4 Å². The van der Waals surface area contributed by atoms with Crippen LogP contribution in [0.3, 0.4) is 0 Å². The third-order valence-electron chi connectivity index (χ3n) is 15.2. The number of rotatable bonds is 23. The zero-order valence-electron chi connectivity index (χ0n) is 48.2. The number of ether oxygens (including phenoxy) is 2. The average molecular weight is 1200 g/mol. The van der Waals surface area contributed by atoms with Crippen molar-refractivity contribution in [3.63, 3.8) is 0 Å². The lowest BCUT2D eigenvalue weighted by atomic mass is 10.0. The Bertz CT molecular complexity index is 3660. The maximum Gasteiger partial charge on any atom is 0.250 e. The van der Waals surface area contributed by atoms with Gasteiger partial charge in [-0.25, -0.2) is 15.0 Å². The molecule has 6 amide bonds. The van der Waals surface area contributed by atoms with Crippen molar-refractivity contribution >= 4 is 68.1 Å². The smallest absolute Gasteiger partial charge is 0.250 e. The van der Waals surface area contributed by atoms with Gasteiger partial charge in [-0.1, -0.05) is 114 Å². The van der Waals surface area contributed by atoms with Crippen LogP contribution in [-0.4, -0.2) is 134 Å². The highest BCUT2D eigenvalue weighted by molar-refractivity contribution is 7.20. The van der Waals surface area contributed by atoms with Crippen LogP contribution in [0.25, 0.3) is 44.0 Å². The minimum absolute atomic E-state index is 0.135. The molecule has 8 aromatic rings. The van der Waals surface area contributed by atoms with Gasteiger partial charge in [0.15, 0.2) is 10.8 Å². The Morgan fingerprint density at radius 2 is 1.02 bits per heavy atom. The van der Waals surface area contributed by atoms with E-state index < -0.39 is 59.9 Å². The first-order valence-corrected chi connectivity index (χ1v) is 30.1. The Morgan fingerprint density at radius 1 is 0.570 bits per heavy atom. The Kier molecular flexibility index (Phi) is 19.3. The van der Waals surface area contributed by atoms with Gasteiger partial charge in [0.1, 0.15) is 75.3 Å². The van der Waals surface area contributed by atoms with Gasteiger partial charge < -0.3 is 55.7 Å². The van der Waals surface area contributed by atoms with Crippen molar-refractivity contribution in [2.45, 2.75) is 75.8 Å². The summed E-state index contributed by atoms with van der Waals surface area (Å²) in [6.45, 7) is 4.28. The Hall–Kier alpha value is -9.16. The molecule has 4 aromatic carbocycles. The fraction of sp³-hybridized carbons (Fsp3) is 0.302. The summed E-state index contributed by atoms with van der Waals surface area (Å²) in [5.74, 6) is -0.753. The van der Waals surface area contributed by atoms with Gasteiger partial charge in [-0.05, 0) is 101 Å². The maximum atomic E-state index is 14.7. The molecule has 2 aliphatic rings. The van der Waals surface area contributed by atoms with Crippen molar-refractivity contribution in [1.29, 1.82) is 0 Å². The van der Waals surface area contributed by atoms with Gasteiger partial charge in [-0.3, -0.25) is 33.8 Å². The second kappa shape index (κ2) is 27.7. The van der Waals surface area contributed by atoms with Crippen LogP contribution in [0.2, 0.25) is 0 Å². The van der Waals surface area contributed by atoms with E-state index in [1.165, 1.54) is 32.5 Å². The molecule has 2 fully saturated rings. The number of nitrogens with one attached hydrogen (secondary N) is 6. The summed E-state index contributed by atoms with van der Waals surface area (Å²) >= 11 is 2.61. The predicted octanol–water partition coefficient (Wildman–Crippen LogP) is 7.64. The van der Waals surface area contributed by atoms with Gasteiger partial charge in [0.05, 0.1) is 17.8 Å². The van der Waals surface area contributed by atoms with Crippen LogP contribution in [0.1, 0.15) is 62.7 Å². The molecule has 0 bridgehead atoms. The van der Waals surface area contributed by atoms with Crippen LogP contribution in [0.4, 0.5) is 10.0 Å². The van der Waals surface area contributed by atoms with Crippen molar-refractivity contribution in [3.05, 3.63) is 157 Å². The number of carbonyl (C=O) groups excluding carboxylic acids is 6. The quantitative estimate of drug-likeness (QED) is 0.0337. The number of imidazole rings is 1. The first-order valence-electron chi connectivity index (χ1n) is 28.4. The Labute approximate surface area is 506 Å². The third kappa shape index (κ3) is 13.8. The fourth-order valence-corrected chi connectivity index (χ4v) is 12.2. The number of aryl methyl sites for hydroxylation is 1. The second-order valence-electron chi connectivity index (χ2n) is 20.8. The summed E-state index contributed by atoms with van der Waals surface area (Å²) in [5.41, 5.74) is 4.48. The van der Waals surface area contributed by atoms with E-state index in [-0.39, 0.29) is 25.0 Å². The van der Waals surface area contributed by atoms with Crippen molar-refractivity contribution in [2.24, 2.45) is 7.05 Å². The van der Waals surface area contributed by atoms with Gasteiger partial charge >= 0.3 is 0 Å². The summed E-state index contributed by atoms with van der Waals surface area (Å²) in [7, 11) is 5.19. The van der Waals surface area contributed by atoms with Crippen molar-refractivity contribution in [2.75, 3.05) is 51.0 Å². The number of hydrogen-bond donors (Lipinski definition) is 6. The molecule has 10 rings (SSSR count). The Balaban J connectivity index is 0.778. The molecule has 0 saturated carbocycles. The lowest BCUT2D eigenvalue weighted by Gasteiger charge is -2.29.